The first-order chi connectivity index (χ1) is 13.9. The molecule has 2 heterocycles. The molecular formula is C20H29N3O5S. The van der Waals surface area contributed by atoms with E-state index >= 15 is 0 Å². The van der Waals surface area contributed by atoms with Crippen molar-refractivity contribution in [3.8, 4) is 5.75 Å². The minimum absolute atomic E-state index is 0.00979. The molecule has 2 aliphatic rings. The maximum absolute atomic E-state index is 12.7. The highest BCUT2D eigenvalue weighted by atomic mass is 32.2. The number of hydrogen-bond acceptors (Lipinski definition) is 6. The Morgan fingerprint density at radius 3 is 2.31 bits per heavy atom. The standard InChI is InChI=1S/C20H29N3O5S/c1-28-18-8-7-16(15-17(18)23-19(24)9-10-20(23)25)29(26,27)21-11-6-14-22-12-4-2-3-5-13-22/h7-8,15,21H,2-6,9-14H2,1H3. The highest BCUT2D eigenvalue weighted by molar-refractivity contribution is 7.89. The number of carbonyl (C=O) groups is 2. The molecule has 0 radical (unpaired) electrons. The Kier molecular flexibility index (Phi) is 7.26. The molecule has 3 rings (SSSR count). The molecular weight excluding hydrogens is 394 g/mol. The predicted octanol–water partition coefficient (Wildman–Crippen LogP) is 1.89. The van der Waals surface area contributed by atoms with E-state index in [0.29, 0.717) is 6.54 Å². The van der Waals surface area contributed by atoms with Gasteiger partial charge in [0.05, 0.1) is 17.7 Å². The molecule has 0 atom stereocenters. The molecule has 0 unspecified atom stereocenters. The van der Waals surface area contributed by atoms with E-state index in [2.05, 4.69) is 9.62 Å². The summed E-state index contributed by atoms with van der Waals surface area (Å²) in [5.74, 6) is -0.421. The maximum atomic E-state index is 12.7. The fraction of sp³-hybridized carbons (Fsp3) is 0.600. The molecule has 0 bridgehead atoms. The number of benzene rings is 1. The molecule has 2 aliphatic heterocycles. The van der Waals surface area contributed by atoms with Gasteiger partial charge in [-0.1, -0.05) is 12.8 Å². The second kappa shape index (κ2) is 9.69. The Morgan fingerprint density at radius 1 is 1.03 bits per heavy atom. The molecule has 29 heavy (non-hydrogen) atoms. The molecule has 1 aromatic carbocycles. The fourth-order valence-electron chi connectivity index (χ4n) is 3.81. The first kappa shape index (κ1) is 21.7. The molecule has 160 valence electrons. The Bertz CT molecular complexity index is 832. The zero-order chi connectivity index (χ0) is 20.9. The Balaban J connectivity index is 1.66. The van der Waals surface area contributed by atoms with Gasteiger partial charge in [-0.2, -0.15) is 0 Å². The Morgan fingerprint density at radius 2 is 1.69 bits per heavy atom. The molecule has 0 saturated carbocycles. The van der Waals surface area contributed by atoms with E-state index < -0.39 is 10.0 Å². The highest BCUT2D eigenvalue weighted by Crippen LogP contribution is 2.34. The summed E-state index contributed by atoms with van der Waals surface area (Å²) in [6, 6.07) is 4.22. The molecule has 2 amide bonds. The van der Waals surface area contributed by atoms with Crippen molar-refractivity contribution in [2.45, 2.75) is 49.8 Å². The van der Waals surface area contributed by atoms with Crippen molar-refractivity contribution < 1.29 is 22.7 Å². The monoisotopic (exact) mass is 423 g/mol. The van der Waals surface area contributed by atoms with Crippen LogP contribution in [0, 0.1) is 0 Å². The van der Waals surface area contributed by atoms with Crippen molar-refractivity contribution >= 4 is 27.5 Å². The molecule has 1 N–H and O–H groups in total. The zero-order valence-electron chi connectivity index (χ0n) is 16.9. The molecule has 0 aliphatic carbocycles. The van der Waals surface area contributed by atoms with E-state index in [0.717, 1.165) is 31.0 Å². The van der Waals surface area contributed by atoms with Crippen LogP contribution in [-0.2, 0) is 19.6 Å². The van der Waals surface area contributed by atoms with Gasteiger partial charge in [0.15, 0.2) is 0 Å². The van der Waals surface area contributed by atoms with Gasteiger partial charge in [0.1, 0.15) is 5.75 Å². The lowest BCUT2D eigenvalue weighted by Crippen LogP contribution is -2.31. The van der Waals surface area contributed by atoms with Crippen LogP contribution >= 0.6 is 0 Å². The smallest absolute Gasteiger partial charge is 0.240 e. The van der Waals surface area contributed by atoms with Crippen LogP contribution in [0.5, 0.6) is 5.75 Å². The lowest BCUT2D eigenvalue weighted by molar-refractivity contribution is -0.121. The van der Waals surface area contributed by atoms with Gasteiger partial charge in [0, 0.05) is 19.4 Å². The number of hydrogen-bond donors (Lipinski definition) is 1. The number of nitrogens with one attached hydrogen (secondary N) is 1. The van der Waals surface area contributed by atoms with Gasteiger partial charge < -0.3 is 9.64 Å². The summed E-state index contributed by atoms with van der Waals surface area (Å²) < 4.78 is 33.3. The highest BCUT2D eigenvalue weighted by Gasteiger charge is 2.33. The normalized spacial score (nSPS) is 18.9. The van der Waals surface area contributed by atoms with Crippen LogP contribution in [0.4, 0.5) is 5.69 Å². The number of methoxy groups -OCH3 is 1. The van der Waals surface area contributed by atoms with Gasteiger partial charge in [0.2, 0.25) is 21.8 Å². The zero-order valence-corrected chi connectivity index (χ0v) is 17.7. The first-order valence-electron chi connectivity index (χ1n) is 10.2. The van der Waals surface area contributed by atoms with E-state index in [4.69, 9.17) is 4.74 Å². The Labute approximate surface area is 172 Å². The predicted molar refractivity (Wildman–Crippen MR) is 109 cm³/mol. The number of ether oxygens (including phenoxy) is 1. The molecule has 1 aromatic rings. The van der Waals surface area contributed by atoms with E-state index in [9.17, 15) is 18.0 Å². The first-order valence-corrected chi connectivity index (χ1v) is 11.7. The molecule has 0 spiro atoms. The van der Waals surface area contributed by atoms with Gasteiger partial charge in [-0.15, -0.1) is 0 Å². The van der Waals surface area contributed by atoms with Crippen LogP contribution in [0.2, 0.25) is 0 Å². The number of rotatable bonds is 8. The average molecular weight is 424 g/mol. The second-order valence-electron chi connectivity index (χ2n) is 7.46. The lowest BCUT2D eigenvalue weighted by Gasteiger charge is -2.20. The van der Waals surface area contributed by atoms with Crippen molar-refractivity contribution in [3.05, 3.63) is 18.2 Å². The van der Waals surface area contributed by atoms with Crippen LogP contribution < -0.4 is 14.4 Å². The summed E-state index contributed by atoms with van der Waals surface area (Å²) in [6.45, 7) is 3.36. The van der Waals surface area contributed by atoms with Crippen LogP contribution in [0.15, 0.2) is 23.1 Å². The number of carbonyl (C=O) groups excluding carboxylic acids is 2. The number of amides is 2. The molecule has 2 fully saturated rings. The Hall–Kier alpha value is -1.97. The van der Waals surface area contributed by atoms with E-state index in [1.165, 1.54) is 51.0 Å². The van der Waals surface area contributed by atoms with Crippen molar-refractivity contribution in [1.82, 2.24) is 9.62 Å². The minimum Gasteiger partial charge on any atom is -0.495 e. The van der Waals surface area contributed by atoms with Gasteiger partial charge in [0.25, 0.3) is 0 Å². The summed E-state index contributed by atoms with van der Waals surface area (Å²) in [7, 11) is -2.34. The van der Waals surface area contributed by atoms with Gasteiger partial charge in [-0.25, -0.2) is 18.0 Å². The summed E-state index contributed by atoms with van der Waals surface area (Å²) in [5, 5.41) is 0. The number of likely N-dealkylation sites (tertiary alicyclic amines) is 1. The number of imide groups is 1. The maximum Gasteiger partial charge on any atom is 0.240 e. The van der Waals surface area contributed by atoms with Gasteiger partial charge in [-0.05, 0) is 57.1 Å². The number of anilines is 1. The lowest BCUT2D eigenvalue weighted by atomic mass is 10.2. The van der Waals surface area contributed by atoms with E-state index in [1.54, 1.807) is 0 Å². The van der Waals surface area contributed by atoms with Crippen LogP contribution in [0.25, 0.3) is 0 Å². The summed E-state index contributed by atoms with van der Waals surface area (Å²) >= 11 is 0. The molecule has 8 nitrogen and oxygen atoms in total. The van der Waals surface area contributed by atoms with E-state index in [-0.39, 0.29) is 41.0 Å². The largest absolute Gasteiger partial charge is 0.495 e. The van der Waals surface area contributed by atoms with Crippen LogP contribution in [0.1, 0.15) is 44.9 Å². The van der Waals surface area contributed by atoms with Crippen LogP contribution in [0.3, 0.4) is 0 Å². The summed E-state index contributed by atoms with van der Waals surface area (Å²) in [4.78, 5) is 27.6. The summed E-state index contributed by atoms with van der Waals surface area (Å²) in [5.41, 5.74) is 0.174. The van der Waals surface area contributed by atoms with Gasteiger partial charge in [-0.3, -0.25) is 9.59 Å². The van der Waals surface area contributed by atoms with Crippen LogP contribution in [-0.4, -0.2) is 58.4 Å². The quantitative estimate of drug-likeness (QED) is 0.507. The second-order valence-corrected chi connectivity index (χ2v) is 9.23. The SMILES string of the molecule is COc1ccc(S(=O)(=O)NCCCN2CCCCCC2)cc1N1C(=O)CCC1=O. The third kappa shape index (κ3) is 5.34. The number of nitrogens with zero attached hydrogens (tertiary/aromatic N) is 2. The van der Waals surface area contributed by atoms with E-state index in [1.807, 2.05) is 0 Å². The molecule has 2 saturated heterocycles. The third-order valence-corrected chi connectivity index (χ3v) is 6.85. The van der Waals surface area contributed by atoms with Crippen molar-refractivity contribution in [1.29, 1.82) is 0 Å². The van der Waals surface area contributed by atoms with Gasteiger partial charge >= 0.3 is 0 Å². The van der Waals surface area contributed by atoms with Crippen molar-refractivity contribution in [2.75, 3.05) is 38.2 Å². The molecule has 9 heteroatoms. The minimum atomic E-state index is -3.76. The number of sulfonamides is 1. The topological polar surface area (TPSA) is 96.0 Å². The third-order valence-electron chi connectivity index (χ3n) is 5.39. The van der Waals surface area contributed by atoms with Crippen molar-refractivity contribution in [3.63, 3.8) is 0 Å². The molecule has 0 aromatic heterocycles. The average Bonchev–Trinajstić information content (AvgIpc) is 2.89. The fourth-order valence-corrected chi connectivity index (χ4v) is 4.90. The van der Waals surface area contributed by atoms with Crippen molar-refractivity contribution in [2.24, 2.45) is 0 Å². The summed E-state index contributed by atoms with van der Waals surface area (Å²) in [6.07, 6.45) is 5.91.